The van der Waals surface area contributed by atoms with E-state index < -0.39 is 36.5 Å². The molecule has 1 saturated carbocycles. The lowest BCUT2D eigenvalue weighted by atomic mass is 10.1. The van der Waals surface area contributed by atoms with Crippen molar-refractivity contribution in [3.8, 4) is 23.0 Å². The Balaban J connectivity index is 1.60. The van der Waals surface area contributed by atoms with Gasteiger partial charge in [0.2, 0.25) is 11.8 Å². The number of oxazole rings is 1. The van der Waals surface area contributed by atoms with E-state index in [1.807, 2.05) is 0 Å². The summed E-state index contributed by atoms with van der Waals surface area (Å²) in [6.45, 7) is 0.112. The summed E-state index contributed by atoms with van der Waals surface area (Å²) in [7, 11) is 0. The van der Waals surface area contributed by atoms with Crippen LogP contribution < -0.4 is 20.9 Å². The minimum absolute atomic E-state index is 0.0190. The Hall–Kier alpha value is -3.78. The van der Waals surface area contributed by atoms with E-state index in [0.29, 0.717) is 18.1 Å². The number of piperazine rings is 1. The number of ether oxygens (including phenoxy) is 2. The number of nitrogens with two attached hydrogens (primary N) is 2. The van der Waals surface area contributed by atoms with Crippen LogP contribution in [0.1, 0.15) is 49.0 Å². The monoisotopic (exact) mass is 537 g/mol. The summed E-state index contributed by atoms with van der Waals surface area (Å²) in [6.07, 6.45) is 2.00. The van der Waals surface area contributed by atoms with Crippen molar-refractivity contribution in [2.45, 2.75) is 45.4 Å². The van der Waals surface area contributed by atoms with Gasteiger partial charge in [-0.3, -0.25) is 14.4 Å². The van der Waals surface area contributed by atoms with Crippen molar-refractivity contribution in [3.05, 3.63) is 29.7 Å². The van der Waals surface area contributed by atoms with Crippen LogP contribution in [0.15, 0.2) is 22.6 Å². The molecule has 0 radical (unpaired) electrons. The Labute approximate surface area is 216 Å². The molecule has 2 fully saturated rings. The van der Waals surface area contributed by atoms with E-state index >= 15 is 0 Å². The highest BCUT2D eigenvalue weighted by Crippen LogP contribution is 2.37. The number of amides is 2. The molecule has 2 atom stereocenters. The molecule has 1 aromatic carbocycles. The smallest absolute Gasteiger partial charge is 0.387 e. The van der Waals surface area contributed by atoms with E-state index in [2.05, 4.69) is 9.72 Å². The summed E-state index contributed by atoms with van der Waals surface area (Å²) < 4.78 is 41.9. The van der Waals surface area contributed by atoms with Crippen LogP contribution >= 0.6 is 0 Å². The van der Waals surface area contributed by atoms with Gasteiger partial charge in [-0.25, -0.2) is 4.98 Å². The van der Waals surface area contributed by atoms with Crippen LogP contribution in [0, 0.1) is 5.92 Å². The van der Waals surface area contributed by atoms with Crippen molar-refractivity contribution in [2.75, 3.05) is 26.2 Å². The van der Waals surface area contributed by atoms with Crippen LogP contribution in [-0.2, 0) is 14.4 Å². The van der Waals surface area contributed by atoms with Crippen LogP contribution in [0.2, 0.25) is 0 Å². The maximum absolute atomic E-state index is 13.4. The largest absolute Gasteiger partial charge is 0.489 e. The van der Waals surface area contributed by atoms with Crippen LogP contribution in [0.25, 0.3) is 11.5 Å². The summed E-state index contributed by atoms with van der Waals surface area (Å²) >= 11 is 0. The standard InChI is InChI=1S/C24H29F2N5O7/c1-12(27)20-19(23(34)30-7-8-31(38-13(2)32)16(10-30)21(28)33)29-22(37-20)15-5-6-17(36-24(25)26)18(9-15)35-11-14-3-4-14/h5-6,9,12,14,16,24H,3-4,7-8,10-11,27H2,1-2H3,(H2,28,33)/t12-,16?/m0/s1. The third kappa shape index (κ3) is 6.37. The molecule has 4 N–H and O–H groups in total. The van der Waals surface area contributed by atoms with Crippen molar-refractivity contribution in [3.63, 3.8) is 0 Å². The molecule has 0 spiro atoms. The Kier molecular flexibility index (Phi) is 8.11. The van der Waals surface area contributed by atoms with E-state index in [9.17, 15) is 23.2 Å². The minimum atomic E-state index is -3.04. The molecule has 1 unspecified atom stereocenters. The predicted octanol–water partition coefficient (Wildman–Crippen LogP) is 1.84. The van der Waals surface area contributed by atoms with Crippen LogP contribution in [0.5, 0.6) is 11.5 Å². The maximum Gasteiger partial charge on any atom is 0.387 e. The second kappa shape index (κ2) is 11.3. The van der Waals surface area contributed by atoms with E-state index in [1.165, 1.54) is 30.0 Å². The number of primary amides is 1. The quantitative estimate of drug-likeness (QED) is 0.457. The van der Waals surface area contributed by atoms with Crippen LogP contribution in [0.4, 0.5) is 8.78 Å². The van der Waals surface area contributed by atoms with E-state index in [-0.39, 0.29) is 48.5 Å². The Bertz CT molecular complexity index is 1200. The highest BCUT2D eigenvalue weighted by Gasteiger charge is 2.37. The van der Waals surface area contributed by atoms with E-state index in [0.717, 1.165) is 17.9 Å². The number of alkyl halides is 2. The van der Waals surface area contributed by atoms with Crippen LogP contribution in [0.3, 0.4) is 0 Å². The number of aromatic nitrogens is 1. The number of rotatable bonds is 10. The molecule has 1 aromatic heterocycles. The summed E-state index contributed by atoms with van der Waals surface area (Å²) in [5, 5.41) is 1.14. The van der Waals surface area contributed by atoms with Gasteiger partial charge in [-0.2, -0.15) is 8.78 Å². The van der Waals surface area contributed by atoms with Gasteiger partial charge < -0.3 is 35.1 Å². The molecule has 12 nitrogen and oxygen atoms in total. The average Bonchev–Trinajstić information content (AvgIpc) is 3.57. The second-order valence-corrected chi connectivity index (χ2v) is 9.21. The first kappa shape index (κ1) is 27.3. The van der Waals surface area contributed by atoms with Crippen molar-refractivity contribution < 1.29 is 41.9 Å². The number of carbonyl (C=O) groups is 3. The lowest BCUT2D eigenvalue weighted by Crippen LogP contribution is -2.59. The molecule has 0 bridgehead atoms. The Morgan fingerprint density at radius 3 is 2.55 bits per heavy atom. The zero-order valence-corrected chi connectivity index (χ0v) is 20.9. The Morgan fingerprint density at radius 1 is 1.21 bits per heavy atom. The first-order chi connectivity index (χ1) is 18.0. The SMILES string of the molecule is CC(=O)ON1CCN(C(=O)c2nc(-c3ccc(OC(F)F)c(OCC4CC4)c3)oc2[C@H](C)N)CC1C(N)=O. The predicted molar refractivity (Wildman–Crippen MR) is 127 cm³/mol. The third-order valence-corrected chi connectivity index (χ3v) is 6.04. The lowest BCUT2D eigenvalue weighted by molar-refractivity contribution is -0.207. The third-order valence-electron chi connectivity index (χ3n) is 6.04. The number of hydroxylamine groups is 2. The zero-order valence-electron chi connectivity index (χ0n) is 20.9. The number of nitrogens with zero attached hydrogens (tertiary/aromatic N) is 3. The van der Waals surface area contributed by atoms with Crippen molar-refractivity contribution in [1.29, 1.82) is 0 Å². The fourth-order valence-corrected chi connectivity index (χ4v) is 3.96. The second-order valence-electron chi connectivity index (χ2n) is 9.21. The minimum Gasteiger partial charge on any atom is -0.489 e. The molecular weight excluding hydrogens is 508 g/mol. The molecule has 2 amide bonds. The molecule has 2 aliphatic rings. The summed E-state index contributed by atoms with van der Waals surface area (Å²) in [5.74, 6) is -1.54. The van der Waals surface area contributed by atoms with Gasteiger partial charge in [0.25, 0.3) is 5.91 Å². The molecule has 206 valence electrons. The zero-order chi connectivity index (χ0) is 27.6. The van der Waals surface area contributed by atoms with Crippen molar-refractivity contribution in [1.82, 2.24) is 14.9 Å². The lowest BCUT2D eigenvalue weighted by Gasteiger charge is -2.37. The van der Waals surface area contributed by atoms with Gasteiger partial charge in [0.05, 0.1) is 19.2 Å². The van der Waals surface area contributed by atoms with Crippen molar-refractivity contribution in [2.24, 2.45) is 17.4 Å². The van der Waals surface area contributed by atoms with Gasteiger partial charge in [-0.05, 0) is 43.9 Å². The van der Waals surface area contributed by atoms with Crippen molar-refractivity contribution >= 4 is 17.8 Å². The molecule has 2 aromatic rings. The summed E-state index contributed by atoms with van der Waals surface area (Å²) in [5.41, 5.74) is 11.8. The van der Waals surface area contributed by atoms with Gasteiger partial charge in [-0.1, -0.05) is 0 Å². The normalized spacial score (nSPS) is 18.8. The molecule has 14 heteroatoms. The number of halogens is 2. The number of carbonyl (C=O) groups excluding carboxylic acids is 3. The van der Waals surface area contributed by atoms with E-state index in [4.69, 9.17) is 25.5 Å². The fraction of sp³-hybridized carbons (Fsp3) is 0.500. The first-order valence-electron chi connectivity index (χ1n) is 12.1. The number of hydrogen-bond acceptors (Lipinski definition) is 10. The van der Waals surface area contributed by atoms with Gasteiger partial charge >= 0.3 is 12.6 Å². The molecular formula is C24H29F2N5O7. The van der Waals surface area contributed by atoms with Gasteiger partial charge in [0, 0.05) is 25.6 Å². The van der Waals surface area contributed by atoms with E-state index in [1.54, 1.807) is 6.92 Å². The molecule has 1 aliphatic heterocycles. The Morgan fingerprint density at radius 2 is 1.95 bits per heavy atom. The molecule has 4 rings (SSSR count). The topological polar surface area (TPSA) is 163 Å². The molecule has 38 heavy (non-hydrogen) atoms. The molecule has 1 saturated heterocycles. The fourth-order valence-electron chi connectivity index (χ4n) is 3.96. The summed E-state index contributed by atoms with van der Waals surface area (Å²) in [4.78, 5) is 47.5. The summed E-state index contributed by atoms with van der Waals surface area (Å²) in [6, 6.07) is 2.43. The van der Waals surface area contributed by atoms with Gasteiger partial charge in [0.15, 0.2) is 23.0 Å². The van der Waals surface area contributed by atoms with Crippen LogP contribution in [-0.4, -0.2) is 71.6 Å². The average molecular weight is 538 g/mol. The highest BCUT2D eigenvalue weighted by atomic mass is 19.3. The number of benzene rings is 1. The highest BCUT2D eigenvalue weighted by molar-refractivity contribution is 5.94. The van der Waals surface area contributed by atoms with Gasteiger partial charge in [0.1, 0.15) is 6.04 Å². The van der Waals surface area contributed by atoms with Gasteiger partial charge in [-0.15, -0.1) is 5.06 Å². The molecule has 1 aliphatic carbocycles. The first-order valence-corrected chi connectivity index (χ1v) is 12.1. The molecule has 2 heterocycles. The maximum atomic E-state index is 13.4. The number of hydrogen-bond donors (Lipinski definition) is 2.